The van der Waals surface area contributed by atoms with Crippen LogP contribution in [0.4, 0.5) is 0 Å². The van der Waals surface area contributed by atoms with Gasteiger partial charge in [0.1, 0.15) is 0 Å². The van der Waals surface area contributed by atoms with E-state index in [2.05, 4.69) is 28.9 Å². The molecule has 112 valence electrons. The minimum Gasteiger partial charge on any atom is -0.493 e. The first kappa shape index (κ1) is 15.8. The van der Waals surface area contributed by atoms with Gasteiger partial charge in [0.25, 0.3) is 0 Å². The third kappa shape index (κ3) is 2.89. The first-order valence-electron chi connectivity index (χ1n) is 6.65. The monoisotopic (exact) mass is 360 g/mol. The molecular formula is C15H21BrO3S. The third-order valence-electron chi connectivity index (χ3n) is 3.57. The van der Waals surface area contributed by atoms with Crippen LogP contribution in [0.2, 0.25) is 0 Å². The predicted octanol–water partition coefficient (Wildman–Crippen LogP) is 4.07. The Morgan fingerprint density at radius 1 is 1.20 bits per heavy atom. The minimum atomic E-state index is 0.379. The van der Waals surface area contributed by atoms with E-state index in [1.165, 1.54) is 11.1 Å². The average molecular weight is 361 g/mol. The van der Waals surface area contributed by atoms with Crippen molar-refractivity contribution >= 4 is 27.7 Å². The standard InChI is InChI=1S/C15H21BrO3S/c1-9-5-10-6-11(17-2)14(18-3)15(19-4)13(10)12(7-16)20-8-9/h6,9,12H,5,7-8H2,1-4H3. The van der Waals surface area contributed by atoms with Crippen molar-refractivity contribution < 1.29 is 14.2 Å². The highest BCUT2D eigenvalue weighted by molar-refractivity contribution is 9.09. The van der Waals surface area contributed by atoms with Crippen LogP contribution < -0.4 is 14.2 Å². The van der Waals surface area contributed by atoms with Gasteiger partial charge in [-0.3, -0.25) is 0 Å². The molecule has 1 aliphatic heterocycles. The highest BCUT2D eigenvalue weighted by Gasteiger charge is 2.29. The van der Waals surface area contributed by atoms with Crippen molar-refractivity contribution in [2.45, 2.75) is 18.6 Å². The molecule has 1 heterocycles. The predicted molar refractivity (Wildman–Crippen MR) is 88.0 cm³/mol. The van der Waals surface area contributed by atoms with Crippen molar-refractivity contribution in [2.75, 3.05) is 32.4 Å². The molecule has 2 atom stereocenters. The van der Waals surface area contributed by atoms with Gasteiger partial charge in [-0.15, -0.1) is 0 Å². The first-order chi connectivity index (χ1) is 9.65. The van der Waals surface area contributed by atoms with Gasteiger partial charge in [-0.2, -0.15) is 11.8 Å². The molecule has 0 amide bonds. The van der Waals surface area contributed by atoms with Crippen LogP contribution in [0.1, 0.15) is 23.3 Å². The summed E-state index contributed by atoms with van der Waals surface area (Å²) in [6.07, 6.45) is 1.04. The second kappa shape index (κ2) is 6.94. The molecule has 0 fully saturated rings. The maximum absolute atomic E-state index is 5.66. The maximum atomic E-state index is 5.66. The molecule has 2 unspecified atom stereocenters. The van der Waals surface area contributed by atoms with E-state index >= 15 is 0 Å². The average Bonchev–Trinajstić information content (AvgIpc) is 2.62. The summed E-state index contributed by atoms with van der Waals surface area (Å²) in [6, 6.07) is 2.11. The largest absolute Gasteiger partial charge is 0.493 e. The molecule has 1 aromatic rings. The summed E-state index contributed by atoms with van der Waals surface area (Å²) in [6.45, 7) is 2.29. The number of benzene rings is 1. The van der Waals surface area contributed by atoms with Crippen molar-refractivity contribution in [3.8, 4) is 17.2 Å². The Hall–Kier alpha value is -0.550. The number of ether oxygens (including phenoxy) is 3. The lowest BCUT2D eigenvalue weighted by Gasteiger charge is -2.22. The van der Waals surface area contributed by atoms with Gasteiger partial charge in [0.05, 0.1) is 21.3 Å². The molecule has 1 aromatic carbocycles. The van der Waals surface area contributed by atoms with Crippen molar-refractivity contribution in [3.63, 3.8) is 0 Å². The van der Waals surface area contributed by atoms with Crippen LogP contribution in [-0.4, -0.2) is 32.4 Å². The van der Waals surface area contributed by atoms with Crippen molar-refractivity contribution in [1.29, 1.82) is 0 Å². The Bertz CT molecular complexity index is 479. The van der Waals surface area contributed by atoms with Gasteiger partial charge >= 0.3 is 0 Å². The molecule has 0 bridgehead atoms. The second-order valence-electron chi connectivity index (χ2n) is 5.00. The van der Waals surface area contributed by atoms with Crippen LogP contribution in [0.3, 0.4) is 0 Å². The Kier molecular flexibility index (Phi) is 5.49. The molecule has 20 heavy (non-hydrogen) atoms. The topological polar surface area (TPSA) is 27.7 Å². The van der Waals surface area contributed by atoms with E-state index in [0.29, 0.717) is 16.9 Å². The molecule has 0 aromatic heterocycles. The molecule has 0 saturated heterocycles. The number of methoxy groups -OCH3 is 3. The summed E-state index contributed by atoms with van der Waals surface area (Å²) in [5.74, 6) is 4.04. The zero-order valence-electron chi connectivity index (χ0n) is 12.4. The number of fused-ring (bicyclic) bond motifs is 1. The summed E-state index contributed by atoms with van der Waals surface area (Å²) in [5.41, 5.74) is 2.55. The van der Waals surface area contributed by atoms with E-state index < -0.39 is 0 Å². The van der Waals surface area contributed by atoms with E-state index in [4.69, 9.17) is 14.2 Å². The van der Waals surface area contributed by atoms with Crippen molar-refractivity contribution in [3.05, 3.63) is 17.2 Å². The Balaban J connectivity index is 2.66. The summed E-state index contributed by atoms with van der Waals surface area (Å²) >= 11 is 5.61. The van der Waals surface area contributed by atoms with Crippen LogP contribution in [0.15, 0.2) is 6.07 Å². The Labute approximate surface area is 133 Å². The van der Waals surface area contributed by atoms with Gasteiger partial charge in [-0.25, -0.2) is 0 Å². The zero-order chi connectivity index (χ0) is 14.7. The Morgan fingerprint density at radius 2 is 1.90 bits per heavy atom. The van der Waals surface area contributed by atoms with E-state index in [1.807, 2.05) is 11.8 Å². The smallest absolute Gasteiger partial charge is 0.203 e. The zero-order valence-corrected chi connectivity index (χ0v) is 14.8. The normalized spacial score (nSPS) is 21.9. The number of hydrogen-bond donors (Lipinski definition) is 0. The summed E-state index contributed by atoms with van der Waals surface area (Å²) in [5, 5.41) is 1.29. The van der Waals surface area contributed by atoms with Gasteiger partial charge in [-0.1, -0.05) is 22.9 Å². The third-order valence-corrected chi connectivity index (χ3v) is 6.21. The molecule has 3 nitrogen and oxygen atoms in total. The molecule has 0 N–H and O–H groups in total. The fourth-order valence-electron chi connectivity index (χ4n) is 2.67. The molecule has 0 spiro atoms. The molecule has 0 radical (unpaired) electrons. The van der Waals surface area contributed by atoms with Gasteiger partial charge in [0, 0.05) is 16.1 Å². The van der Waals surface area contributed by atoms with Crippen molar-refractivity contribution in [1.82, 2.24) is 0 Å². The number of halogens is 1. The molecule has 1 aliphatic rings. The molecular weight excluding hydrogens is 340 g/mol. The highest BCUT2D eigenvalue weighted by atomic mass is 79.9. The first-order valence-corrected chi connectivity index (χ1v) is 8.82. The van der Waals surface area contributed by atoms with E-state index in [-0.39, 0.29) is 0 Å². The minimum absolute atomic E-state index is 0.379. The van der Waals surface area contributed by atoms with Crippen LogP contribution in [-0.2, 0) is 6.42 Å². The van der Waals surface area contributed by atoms with Gasteiger partial charge in [0.2, 0.25) is 5.75 Å². The van der Waals surface area contributed by atoms with Crippen LogP contribution in [0, 0.1) is 5.92 Å². The number of alkyl halides is 1. The van der Waals surface area contributed by atoms with Gasteiger partial charge in [-0.05, 0) is 29.7 Å². The summed E-state index contributed by atoms with van der Waals surface area (Å²) in [7, 11) is 5.02. The van der Waals surface area contributed by atoms with E-state index in [0.717, 1.165) is 29.0 Å². The van der Waals surface area contributed by atoms with Crippen molar-refractivity contribution in [2.24, 2.45) is 5.92 Å². The summed E-state index contributed by atoms with van der Waals surface area (Å²) < 4.78 is 16.6. The molecule has 0 saturated carbocycles. The lowest BCUT2D eigenvalue weighted by atomic mass is 9.95. The van der Waals surface area contributed by atoms with Crippen LogP contribution in [0.5, 0.6) is 17.2 Å². The van der Waals surface area contributed by atoms with Crippen LogP contribution in [0.25, 0.3) is 0 Å². The van der Waals surface area contributed by atoms with E-state index in [1.54, 1.807) is 21.3 Å². The molecule has 0 aliphatic carbocycles. The highest BCUT2D eigenvalue weighted by Crippen LogP contribution is 2.50. The van der Waals surface area contributed by atoms with Crippen LogP contribution >= 0.6 is 27.7 Å². The number of hydrogen-bond acceptors (Lipinski definition) is 4. The Morgan fingerprint density at radius 3 is 2.45 bits per heavy atom. The quantitative estimate of drug-likeness (QED) is 0.756. The maximum Gasteiger partial charge on any atom is 0.203 e. The number of thioether (sulfide) groups is 1. The number of rotatable bonds is 4. The fourth-order valence-corrected chi connectivity index (χ4v) is 4.75. The molecule has 5 heteroatoms. The summed E-state index contributed by atoms with van der Waals surface area (Å²) in [4.78, 5) is 0. The fraction of sp³-hybridized carbons (Fsp3) is 0.600. The SMILES string of the molecule is COc1cc2c(c(OC)c1OC)C(CBr)SCC(C)C2. The van der Waals surface area contributed by atoms with Gasteiger partial charge in [0.15, 0.2) is 11.5 Å². The molecule has 2 rings (SSSR count). The lowest BCUT2D eigenvalue weighted by Crippen LogP contribution is -2.06. The lowest BCUT2D eigenvalue weighted by molar-refractivity contribution is 0.321. The van der Waals surface area contributed by atoms with E-state index in [9.17, 15) is 0 Å². The second-order valence-corrected chi connectivity index (χ2v) is 6.89. The van der Waals surface area contributed by atoms with Gasteiger partial charge < -0.3 is 14.2 Å².